The maximum atomic E-state index is 11.9. The van der Waals surface area contributed by atoms with Crippen LogP contribution in [0.1, 0.15) is 39.5 Å². The fourth-order valence-electron chi connectivity index (χ4n) is 3.53. The molecule has 0 aromatic rings. The summed E-state index contributed by atoms with van der Waals surface area (Å²) in [6, 6.07) is -0.0286. The third kappa shape index (κ3) is 2.82. The van der Waals surface area contributed by atoms with Crippen molar-refractivity contribution in [1.82, 2.24) is 10.2 Å². The van der Waals surface area contributed by atoms with E-state index in [9.17, 15) is 4.79 Å². The Bertz CT molecular complexity index is 279. The standard InChI is InChI=1S/C14H26N2O/c1-4-16(3)14(17)10(2)15-9-13-8-11-5-6-12(13)7-11/h10-13,15H,4-9H2,1-3H3. The van der Waals surface area contributed by atoms with Crippen LogP contribution in [0.4, 0.5) is 0 Å². The van der Waals surface area contributed by atoms with Crippen LogP contribution < -0.4 is 5.32 Å². The number of rotatable bonds is 5. The molecule has 2 bridgehead atoms. The summed E-state index contributed by atoms with van der Waals surface area (Å²) < 4.78 is 0. The van der Waals surface area contributed by atoms with Gasteiger partial charge < -0.3 is 10.2 Å². The Morgan fingerprint density at radius 3 is 2.71 bits per heavy atom. The van der Waals surface area contributed by atoms with E-state index >= 15 is 0 Å². The number of carbonyl (C=O) groups is 1. The Morgan fingerprint density at radius 1 is 1.41 bits per heavy atom. The van der Waals surface area contributed by atoms with E-state index < -0.39 is 0 Å². The number of amides is 1. The number of carbonyl (C=O) groups excluding carboxylic acids is 1. The van der Waals surface area contributed by atoms with Gasteiger partial charge >= 0.3 is 0 Å². The zero-order valence-electron chi connectivity index (χ0n) is 11.4. The molecule has 2 aliphatic rings. The second kappa shape index (κ2) is 5.38. The highest BCUT2D eigenvalue weighted by molar-refractivity contribution is 5.81. The van der Waals surface area contributed by atoms with Gasteiger partial charge in [0.1, 0.15) is 0 Å². The molecule has 0 heterocycles. The smallest absolute Gasteiger partial charge is 0.239 e. The molecule has 98 valence electrons. The lowest BCUT2D eigenvalue weighted by atomic mass is 9.89. The zero-order valence-corrected chi connectivity index (χ0v) is 11.4. The molecule has 17 heavy (non-hydrogen) atoms. The number of hydrogen-bond donors (Lipinski definition) is 1. The van der Waals surface area contributed by atoms with Crippen molar-refractivity contribution in [3.8, 4) is 0 Å². The molecule has 0 saturated heterocycles. The highest BCUT2D eigenvalue weighted by Gasteiger charge is 2.39. The lowest BCUT2D eigenvalue weighted by Crippen LogP contribution is -2.45. The Labute approximate surface area is 105 Å². The van der Waals surface area contributed by atoms with Crippen molar-refractivity contribution in [3.05, 3.63) is 0 Å². The Morgan fingerprint density at radius 2 is 2.18 bits per heavy atom. The van der Waals surface area contributed by atoms with E-state index in [0.29, 0.717) is 0 Å². The number of hydrogen-bond acceptors (Lipinski definition) is 2. The van der Waals surface area contributed by atoms with Crippen LogP contribution in [-0.2, 0) is 4.79 Å². The minimum Gasteiger partial charge on any atom is -0.345 e. The molecule has 2 fully saturated rings. The fraction of sp³-hybridized carbons (Fsp3) is 0.929. The molecule has 2 aliphatic carbocycles. The summed E-state index contributed by atoms with van der Waals surface area (Å²) in [6.45, 7) is 5.83. The molecule has 0 aromatic carbocycles. The maximum Gasteiger partial charge on any atom is 0.239 e. The van der Waals surface area contributed by atoms with Crippen LogP contribution in [0.2, 0.25) is 0 Å². The topological polar surface area (TPSA) is 32.3 Å². The molecule has 3 nitrogen and oxygen atoms in total. The first-order valence-corrected chi connectivity index (χ1v) is 7.10. The van der Waals surface area contributed by atoms with Crippen LogP contribution in [-0.4, -0.2) is 37.0 Å². The summed E-state index contributed by atoms with van der Waals surface area (Å²) in [5.74, 6) is 2.99. The summed E-state index contributed by atoms with van der Waals surface area (Å²) >= 11 is 0. The lowest BCUT2D eigenvalue weighted by Gasteiger charge is -2.25. The highest BCUT2D eigenvalue weighted by atomic mass is 16.2. The molecule has 4 atom stereocenters. The summed E-state index contributed by atoms with van der Waals surface area (Å²) in [5, 5.41) is 3.43. The summed E-state index contributed by atoms with van der Waals surface area (Å²) in [6.07, 6.45) is 5.72. The van der Waals surface area contributed by atoms with Gasteiger partial charge in [-0.15, -0.1) is 0 Å². The first-order chi connectivity index (χ1) is 8.11. The summed E-state index contributed by atoms with van der Waals surface area (Å²) in [4.78, 5) is 13.7. The number of fused-ring (bicyclic) bond motifs is 2. The van der Waals surface area contributed by atoms with Crippen molar-refractivity contribution in [3.63, 3.8) is 0 Å². The van der Waals surface area contributed by atoms with Gasteiger partial charge in [-0.25, -0.2) is 0 Å². The molecular formula is C14H26N2O. The molecule has 0 spiro atoms. The van der Waals surface area contributed by atoms with Crippen LogP contribution in [0, 0.1) is 17.8 Å². The van der Waals surface area contributed by atoms with Crippen molar-refractivity contribution in [2.75, 3.05) is 20.1 Å². The molecular weight excluding hydrogens is 212 g/mol. The minimum atomic E-state index is -0.0286. The average molecular weight is 238 g/mol. The molecule has 2 rings (SSSR count). The Balaban J connectivity index is 1.73. The van der Waals surface area contributed by atoms with E-state index in [1.807, 2.05) is 20.9 Å². The van der Waals surface area contributed by atoms with Crippen molar-refractivity contribution in [2.24, 2.45) is 17.8 Å². The third-order valence-electron chi connectivity index (χ3n) is 4.79. The largest absolute Gasteiger partial charge is 0.345 e. The predicted octanol–water partition coefficient (Wildman–Crippen LogP) is 1.88. The van der Waals surface area contributed by atoms with E-state index in [2.05, 4.69) is 5.32 Å². The molecule has 1 N–H and O–H groups in total. The highest BCUT2D eigenvalue weighted by Crippen LogP contribution is 2.47. The lowest BCUT2D eigenvalue weighted by molar-refractivity contribution is -0.131. The first-order valence-electron chi connectivity index (χ1n) is 7.10. The number of nitrogens with zero attached hydrogens (tertiary/aromatic N) is 1. The van der Waals surface area contributed by atoms with Crippen LogP contribution >= 0.6 is 0 Å². The van der Waals surface area contributed by atoms with Gasteiger partial charge in [0.15, 0.2) is 0 Å². The minimum absolute atomic E-state index is 0.0286. The first kappa shape index (κ1) is 12.9. The zero-order chi connectivity index (χ0) is 12.4. The van der Waals surface area contributed by atoms with E-state index in [-0.39, 0.29) is 11.9 Å². The van der Waals surface area contributed by atoms with E-state index in [1.54, 1.807) is 4.90 Å². The molecule has 2 saturated carbocycles. The third-order valence-corrected chi connectivity index (χ3v) is 4.79. The normalized spacial score (nSPS) is 32.8. The van der Waals surface area contributed by atoms with Crippen molar-refractivity contribution < 1.29 is 4.79 Å². The molecule has 0 radical (unpaired) electrons. The molecule has 3 heteroatoms. The van der Waals surface area contributed by atoms with E-state index in [4.69, 9.17) is 0 Å². The summed E-state index contributed by atoms with van der Waals surface area (Å²) in [5.41, 5.74) is 0. The van der Waals surface area contributed by atoms with Gasteiger partial charge in [-0.2, -0.15) is 0 Å². The van der Waals surface area contributed by atoms with Gasteiger partial charge in [0.2, 0.25) is 5.91 Å². The average Bonchev–Trinajstić information content (AvgIpc) is 2.95. The Kier molecular flexibility index (Phi) is 4.08. The van der Waals surface area contributed by atoms with Crippen molar-refractivity contribution in [1.29, 1.82) is 0 Å². The van der Waals surface area contributed by atoms with Crippen LogP contribution in [0.3, 0.4) is 0 Å². The number of nitrogens with one attached hydrogen (secondary N) is 1. The van der Waals surface area contributed by atoms with Gasteiger partial charge in [-0.05, 0) is 57.4 Å². The molecule has 0 aliphatic heterocycles. The van der Waals surface area contributed by atoms with Crippen molar-refractivity contribution >= 4 is 5.91 Å². The Hall–Kier alpha value is -0.570. The predicted molar refractivity (Wildman–Crippen MR) is 69.7 cm³/mol. The molecule has 0 aromatic heterocycles. The second-order valence-electron chi connectivity index (χ2n) is 5.92. The van der Waals surface area contributed by atoms with Gasteiger partial charge in [0.05, 0.1) is 6.04 Å². The van der Waals surface area contributed by atoms with Crippen LogP contribution in [0.25, 0.3) is 0 Å². The quantitative estimate of drug-likeness (QED) is 0.793. The van der Waals surface area contributed by atoms with Crippen molar-refractivity contribution in [2.45, 2.75) is 45.6 Å². The van der Waals surface area contributed by atoms with E-state index in [0.717, 1.165) is 30.8 Å². The van der Waals surface area contributed by atoms with Gasteiger partial charge in [0, 0.05) is 13.6 Å². The number of likely N-dealkylation sites (N-methyl/N-ethyl adjacent to an activating group) is 1. The SMILES string of the molecule is CCN(C)C(=O)C(C)NCC1CC2CCC1C2. The maximum absolute atomic E-state index is 11.9. The van der Waals surface area contributed by atoms with Crippen LogP contribution in [0.15, 0.2) is 0 Å². The van der Waals surface area contributed by atoms with Gasteiger partial charge in [-0.1, -0.05) is 6.42 Å². The molecule has 1 amide bonds. The summed E-state index contributed by atoms with van der Waals surface area (Å²) in [7, 11) is 1.87. The van der Waals surface area contributed by atoms with E-state index in [1.165, 1.54) is 25.7 Å². The molecule has 4 unspecified atom stereocenters. The van der Waals surface area contributed by atoms with Gasteiger partial charge in [0.25, 0.3) is 0 Å². The second-order valence-corrected chi connectivity index (χ2v) is 5.92. The monoisotopic (exact) mass is 238 g/mol. The van der Waals surface area contributed by atoms with Crippen LogP contribution in [0.5, 0.6) is 0 Å². The van der Waals surface area contributed by atoms with Gasteiger partial charge in [-0.3, -0.25) is 4.79 Å². The fourth-order valence-corrected chi connectivity index (χ4v) is 3.53.